The van der Waals surface area contributed by atoms with Crippen LogP contribution in [0.2, 0.25) is 0 Å². The minimum absolute atomic E-state index is 0.112. The van der Waals surface area contributed by atoms with Gasteiger partial charge in [-0.25, -0.2) is 4.98 Å². The van der Waals surface area contributed by atoms with Crippen molar-refractivity contribution >= 4 is 22.1 Å². The zero-order chi connectivity index (χ0) is 14.0. The second-order valence-corrected chi connectivity index (χ2v) is 6.59. The van der Waals surface area contributed by atoms with E-state index in [1.807, 2.05) is 0 Å². The van der Waals surface area contributed by atoms with E-state index in [2.05, 4.69) is 60.8 Å². The van der Waals surface area contributed by atoms with Gasteiger partial charge >= 0.3 is 0 Å². The second-order valence-electron chi connectivity index (χ2n) is 5.71. The second kappa shape index (κ2) is 5.51. The minimum atomic E-state index is 0.112. The third kappa shape index (κ3) is 3.09. The lowest BCUT2D eigenvalue weighted by Crippen LogP contribution is -2.36. The molecule has 19 heavy (non-hydrogen) atoms. The molecule has 106 valence electrons. The normalized spacial score (nSPS) is 12.3. The molecule has 2 aromatic rings. The lowest BCUT2D eigenvalue weighted by Gasteiger charge is -2.23. The molecule has 0 atom stereocenters. The molecule has 0 aliphatic rings. The van der Waals surface area contributed by atoms with Crippen molar-refractivity contribution in [3.63, 3.8) is 0 Å². The lowest BCUT2D eigenvalue weighted by molar-refractivity contribution is 0.420. The van der Waals surface area contributed by atoms with Crippen molar-refractivity contribution in [2.24, 2.45) is 0 Å². The number of hydrogen-bond acceptors (Lipinski definition) is 4. The summed E-state index contributed by atoms with van der Waals surface area (Å²) in [5.74, 6) is 1.12. The van der Waals surface area contributed by atoms with Crippen LogP contribution in [0.3, 0.4) is 0 Å². The third-order valence-electron chi connectivity index (χ3n) is 3.19. The molecule has 0 unspecified atom stereocenters. The number of nitrogens with zero attached hydrogens (tertiary/aromatic N) is 3. The lowest BCUT2D eigenvalue weighted by atomic mass is 10.1. The molecule has 4 nitrogen and oxygen atoms in total. The van der Waals surface area contributed by atoms with Gasteiger partial charge < -0.3 is 10.2 Å². The molecule has 0 bridgehead atoms. The number of aromatic nitrogens is 2. The van der Waals surface area contributed by atoms with Crippen LogP contribution in [-0.4, -0.2) is 28.0 Å². The molecule has 5 heteroatoms. The SMILES string of the molecule is CCN(CC)c1nc2sccn2c1CNC(C)(C)C. The van der Waals surface area contributed by atoms with E-state index >= 15 is 0 Å². The highest BCUT2D eigenvalue weighted by molar-refractivity contribution is 7.15. The van der Waals surface area contributed by atoms with Gasteiger partial charge in [0.15, 0.2) is 10.8 Å². The Kier molecular flexibility index (Phi) is 4.16. The maximum absolute atomic E-state index is 4.78. The molecule has 0 fully saturated rings. The van der Waals surface area contributed by atoms with Crippen LogP contribution in [0.5, 0.6) is 0 Å². The van der Waals surface area contributed by atoms with Crippen LogP contribution in [0, 0.1) is 0 Å². The van der Waals surface area contributed by atoms with Crippen molar-refractivity contribution in [1.82, 2.24) is 14.7 Å². The maximum atomic E-state index is 4.78. The molecule has 0 amide bonds. The van der Waals surface area contributed by atoms with E-state index in [0.29, 0.717) is 0 Å². The summed E-state index contributed by atoms with van der Waals surface area (Å²) >= 11 is 1.69. The average molecular weight is 280 g/mol. The van der Waals surface area contributed by atoms with Gasteiger partial charge in [-0.3, -0.25) is 4.40 Å². The summed E-state index contributed by atoms with van der Waals surface area (Å²) < 4.78 is 2.21. The Bertz CT molecular complexity index is 531. The summed E-state index contributed by atoms with van der Waals surface area (Å²) in [5.41, 5.74) is 1.37. The van der Waals surface area contributed by atoms with Gasteiger partial charge in [0.05, 0.1) is 5.69 Å². The number of anilines is 1. The Morgan fingerprint density at radius 1 is 1.32 bits per heavy atom. The first-order valence-corrected chi connectivity index (χ1v) is 7.78. The van der Waals surface area contributed by atoms with Crippen molar-refractivity contribution in [3.8, 4) is 0 Å². The van der Waals surface area contributed by atoms with Crippen LogP contribution in [-0.2, 0) is 6.54 Å². The van der Waals surface area contributed by atoms with Gasteiger partial charge in [-0.1, -0.05) is 0 Å². The summed E-state index contributed by atoms with van der Waals surface area (Å²) in [5, 5.41) is 5.66. The number of imidazole rings is 1. The van der Waals surface area contributed by atoms with E-state index in [1.165, 1.54) is 5.69 Å². The monoisotopic (exact) mass is 280 g/mol. The standard InChI is InChI=1S/C14H24N4S/c1-6-17(7-2)12-11(10-15-14(3,4)5)18-8-9-19-13(18)16-12/h8-9,15H,6-7,10H2,1-5H3. The van der Waals surface area contributed by atoms with Gasteiger partial charge in [0.1, 0.15) is 0 Å². The summed E-state index contributed by atoms with van der Waals surface area (Å²) in [4.78, 5) is 8.18. The number of nitrogens with one attached hydrogen (secondary N) is 1. The summed E-state index contributed by atoms with van der Waals surface area (Å²) in [6.07, 6.45) is 2.11. The van der Waals surface area contributed by atoms with Gasteiger partial charge in [-0.15, -0.1) is 11.3 Å². The van der Waals surface area contributed by atoms with Crippen LogP contribution < -0.4 is 10.2 Å². The Hall–Kier alpha value is -1.07. The Morgan fingerprint density at radius 2 is 2.00 bits per heavy atom. The van der Waals surface area contributed by atoms with Gasteiger partial charge in [0.25, 0.3) is 0 Å². The molecule has 0 saturated heterocycles. The van der Waals surface area contributed by atoms with E-state index < -0.39 is 0 Å². The highest BCUT2D eigenvalue weighted by Crippen LogP contribution is 2.25. The molecule has 0 aliphatic carbocycles. The molecule has 0 spiro atoms. The zero-order valence-electron chi connectivity index (χ0n) is 12.5. The topological polar surface area (TPSA) is 32.6 Å². The van der Waals surface area contributed by atoms with Crippen LogP contribution in [0.25, 0.3) is 4.96 Å². The highest BCUT2D eigenvalue weighted by Gasteiger charge is 2.19. The highest BCUT2D eigenvalue weighted by atomic mass is 32.1. The van der Waals surface area contributed by atoms with Gasteiger partial charge in [0, 0.05) is 36.8 Å². The number of rotatable bonds is 5. The molecule has 0 aromatic carbocycles. The predicted octanol–water partition coefficient (Wildman–Crippen LogP) is 3.13. The number of thiazole rings is 1. The predicted molar refractivity (Wildman–Crippen MR) is 83.2 cm³/mol. The molecule has 1 N–H and O–H groups in total. The first-order valence-electron chi connectivity index (χ1n) is 6.90. The smallest absolute Gasteiger partial charge is 0.195 e. The van der Waals surface area contributed by atoms with Crippen LogP contribution in [0.15, 0.2) is 11.6 Å². The van der Waals surface area contributed by atoms with E-state index in [4.69, 9.17) is 4.98 Å². The summed E-state index contributed by atoms with van der Waals surface area (Å²) in [7, 11) is 0. The minimum Gasteiger partial charge on any atom is -0.356 e. The molecule has 2 rings (SSSR count). The molecular formula is C14H24N4S. The first-order chi connectivity index (χ1) is 8.96. The van der Waals surface area contributed by atoms with E-state index in [9.17, 15) is 0 Å². The van der Waals surface area contributed by atoms with E-state index in [1.54, 1.807) is 11.3 Å². The van der Waals surface area contributed by atoms with Crippen molar-refractivity contribution in [2.75, 3.05) is 18.0 Å². The van der Waals surface area contributed by atoms with Crippen molar-refractivity contribution < 1.29 is 0 Å². The van der Waals surface area contributed by atoms with Crippen LogP contribution >= 0.6 is 11.3 Å². The largest absolute Gasteiger partial charge is 0.356 e. The zero-order valence-corrected chi connectivity index (χ0v) is 13.3. The van der Waals surface area contributed by atoms with E-state index in [-0.39, 0.29) is 5.54 Å². The van der Waals surface area contributed by atoms with Gasteiger partial charge in [-0.2, -0.15) is 0 Å². The quantitative estimate of drug-likeness (QED) is 0.913. The van der Waals surface area contributed by atoms with Crippen LogP contribution in [0.4, 0.5) is 5.82 Å². The Labute approximate surface area is 119 Å². The molecule has 0 radical (unpaired) electrons. The van der Waals surface area contributed by atoms with Gasteiger partial charge in [0.2, 0.25) is 0 Å². The molecule has 0 aliphatic heterocycles. The van der Waals surface area contributed by atoms with E-state index in [0.717, 1.165) is 30.4 Å². The molecular weight excluding hydrogens is 256 g/mol. The average Bonchev–Trinajstić information content (AvgIpc) is 2.88. The molecule has 0 saturated carbocycles. The van der Waals surface area contributed by atoms with Crippen molar-refractivity contribution in [3.05, 3.63) is 17.3 Å². The van der Waals surface area contributed by atoms with Crippen LogP contribution in [0.1, 0.15) is 40.3 Å². The number of fused-ring (bicyclic) bond motifs is 1. The van der Waals surface area contributed by atoms with Gasteiger partial charge in [-0.05, 0) is 34.6 Å². The fraction of sp³-hybridized carbons (Fsp3) is 0.643. The fourth-order valence-electron chi connectivity index (χ4n) is 2.11. The Morgan fingerprint density at radius 3 is 2.58 bits per heavy atom. The summed E-state index contributed by atoms with van der Waals surface area (Å²) in [6.45, 7) is 13.7. The molecule has 2 heterocycles. The Balaban J connectivity index is 2.36. The molecule has 2 aromatic heterocycles. The third-order valence-corrected chi connectivity index (χ3v) is 3.95. The maximum Gasteiger partial charge on any atom is 0.195 e. The van der Waals surface area contributed by atoms with Crippen molar-refractivity contribution in [1.29, 1.82) is 0 Å². The number of hydrogen-bond donors (Lipinski definition) is 1. The fourth-order valence-corrected chi connectivity index (χ4v) is 2.84. The first kappa shape index (κ1) is 14.3. The summed E-state index contributed by atoms with van der Waals surface area (Å²) in [6, 6.07) is 0. The van der Waals surface area contributed by atoms with Crippen molar-refractivity contribution in [2.45, 2.75) is 46.7 Å².